The van der Waals surface area contributed by atoms with E-state index in [0.717, 1.165) is 5.92 Å². The summed E-state index contributed by atoms with van der Waals surface area (Å²) in [6.07, 6.45) is 7.75. The van der Waals surface area contributed by atoms with Crippen molar-refractivity contribution in [3.05, 3.63) is 0 Å². The molecule has 0 spiro atoms. The Morgan fingerprint density at radius 1 is 1.18 bits per heavy atom. The van der Waals surface area contributed by atoms with Crippen molar-refractivity contribution in [2.75, 3.05) is 5.33 Å². The smallest absolute Gasteiger partial charge is 0.231 e. The van der Waals surface area contributed by atoms with Crippen LogP contribution in [0.15, 0.2) is 0 Å². The summed E-state index contributed by atoms with van der Waals surface area (Å²) in [5, 5.41) is 3.78. The molecule has 96 valence electrons. The van der Waals surface area contributed by atoms with Crippen molar-refractivity contribution < 1.29 is 4.79 Å². The minimum atomic E-state index is 0.119. The van der Waals surface area contributed by atoms with Gasteiger partial charge in [0.25, 0.3) is 0 Å². The highest BCUT2D eigenvalue weighted by Crippen LogP contribution is 2.66. The summed E-state index contributed by atoms with van der Waals surface area (Å²) in [6, 6.07) is 0. The maximum absolute atomic E-state index is 11.7. The standard InChI is InChI=1S/C14H22BrNO/c1-12-3-10-4-13(2,7-12)9-14(5-10,8-12)16-11(17)6-15/h10H,3-9H2,1-2H3,(H,16,17). The van der Waals surface area contributed by atoms with Crippen molar-refractivity contribution >= 4 is 21.8 Å². The van der Waals surface area contributed by atoms with Crippen LogP contribution in [0.4, 0.5) is 0 Å². The van der Waals surface area contributed by atoms with Gasteiger partial charge in [-0.2, -0.15) is 0 Å². The van der Waals surface area contributed by atoms with Crippen molar-refractivity contribution in [1.29, 1.82) is 0 Å². The molecule has 0 saturated heterocycles. The highest BCUT2D eigenvalue weighted by Gasteiger charge is 2.60. The maximum atomic E-state index is 11.7. The molecular weight excluding hydrogens is 278 g/mol. The van der Waals surface area contributed by atoms with Gasteiger partial charge in [0.2, 0.25) is 5.91 Å². The van der Waals surface area contributed by atoms with Gasteiger partial charge in [-0.05, 0) is 55.3 Å². The molecule has 2 atom stereocenters. The van der Waals surface area contributed by atoms with Gasteiger partial charge >= 0.3 is 0 Å². The van der Waals surface area contributed by atoms with Crippen LogP contribution in [0.1, 0.15) is 52.4 Å². The summed E-state index contributed by atoms with van der Waals surface area (Å²) in [5.74, 6) is 1.01. The number of carbonyl (C=O) groups excluding carboxylic acids is 1. The Morgan fingerprint density at radius 2 is 1.76 bits per heavy atom. The van der Waals surface area contributed by atoms with Crippen LogP contribution in [-0.2, 0) is 4.79 Å². The molecule has 0 aromatic rings. The third-order valence-corrected chi connectivity index (χ3v) is 5.66. The first-order chi connectivity index (χ1) is 7.86. The number of nitrogens with one attached hydrogen (secondary N) is 1. The zero-order chi connectivity index (χ0) is 12.3. The molecule has 3 heteroatoms. The molecule has 1 amide bonds. The number of hydrogen-bond donors (Lipinski definition) is 1. The fourth-order valence-electron chi connectivity index (χ4n) is 5.92. The summed E-state index contributed by atoms with van der Waals surface area (Å²) in [6.45, 7) is 4.87. The van der Waals surface area contributed by atoms with Crippen LogP contribution in [0.25, 0.3) is 0 Å². The van der Waals surface area contributed by atoms with Gasteiger partial charge in [-0.1, -0.05) is 29.8 Å². The van der Waals surface area contributed by atoms with Crippen molar-refractivity contribution in [1.82, 2.24) is 5.32 Å². The van der Waals surface area contributed by atoms with Crippen molar-refractivity contribution in [3.63, 3.8) is 0 Å². The second-order valence-corrected chi connectivity index (χ2v) is 8.15. The minimum Gasteiger partial charge on any atom is -0.350 e. The first-order valence-corrected chi connectivity index (χ1v) is 7.85. The van der Waals surface area contributed by atoms with E-state index in [-0.39, 0.29) is 11.4 Å². The molecule has 17 heavy (non-hydrogen) atoms. The number of carbonyl (C=O) groups is 1. The van der Waals surface area contributed by atoms with Crippen LogP contribution >= 0.6 is 15.9 Å². The number of hydrogen-bond acceptors (Lipinski definition) is 1. The molecule has 0 radical (unpaired) electrons. The summed E-state index contributed by atoms with van der Waals surface area (Å²) < 4.78 is 0. The number of rotatable bonds is 2. The van der Waals surface area contributed by atoms with Crippen LogP contribution in [-0.4, -0.2) is 16.8 Å². The summed E-state index contributed by atoms with van der Waals surface area (Å²) in [7, 11) is 0. The molecule has 4 aliphatic carbocycles. The van der Waals surface area contributed by atoms with E-state index >= 15 is 0 Å². The van der Waals surface area contributed by atoms with Crippen LogP contribution < -0.4 is 5.32 Å². The molecule has 2 nitrogen and oxygen atoms in total. The summed E-state index contributed by atoms with van der Waals surface area (Å²) >= 11 is 3.27. The first kappa shape index (κ1) is 12.0. The average molecular weight is 300 g/mol. The summed E-state index contributed by atoms with van der Waals surface area (Å²) in [5.41, 5.74) is 1.08. The molecule has 2 unspecified atom stereocenters. The highest BCUT2D eigenvalue weighted by molar-refractivity contribution is 9.09. The lowest BCUT2D eigenvalue weighted by atomic mass is 9.43. The second kappa shape index (κ2) is 3.49. The number of halogens is 1. The maximum Gasteiger partial charge on any atom is 0.231 e. The third kappa shape index (κ3) is 1.94. The molecule has 4 bridgehead atoms. The second-order valence-electron chi connectivity index (χ2n) is 7.59. The van der Waals surface area contributed by atoms with Crippen LogP contribution in [0.3, 0.4) is 0 Å². The van der Waals surface area contributed by atoms with Crippen LogP contribution in [0.5, 0.6) is 0 Å². The van der Waals surface area contributed by atoms with E-state index in [9.17, 15) is 4.79 Å². The van der Waals surface area contributed by atoms with Gasteiger partial charge in [0.1, 0.15) is 0 Å². The van der Waals surface area contributed by atoms with Crippen LogP contribution in [0.2, 0.25) is 0 Å². The molecule has 0 aromatic heterocycles. The zero-order valence-corrected chi connectivity index (χ0v) is 12.4. The quantitative estimate of drug-likeness (QED) is 0.779. The molecule has 0 heterocycles. The topological polar surface area (TPSA) is 29.1 Å². The van der Waals surface area contributed by atoms with Crippen LogP contribution in [0, 0.1) is 16.7 Å². The average Bonchev–Trinajstić information content (AvgIpc) is 2.10. The number of amides is 1. The fourth-order valence-corrected chi connectivity index (χ4v) is 6.06. The largest absolute Gasteiger partial charge is 0.350 e. The van der Waals surface area contributed by atoms with Gasteiger partial charge in [0.05, 0.1) is 5.33 Å². The molecule has 4 saturated carbocycles. The Bertz CT molecular complexity index is 349. The Kier molecular flexibility index (Phi) is 2.47. The predicted octanol–water partition coefficient (Wildman–Crippen LogP) is 3.25. The Balaban J connectivity index is 1.89. The first-order valence-electron chi connectivity index (χ1n) is 6.73. The molecular formula is C14H22BrNO. The van der Waals surface area contributed by atoms with Crippen molar-refractivity contribution in [2.45, 2.75) is 57.9 Å². The van der Waals surface area contributed by atoms with E-state index in [2.05, 4.69) is 35.1 Å². The SMILES string of the molecule is CC12CC3CC(C)(C1)CC(NC(=O)CBr)(C3)C2. The predicted molar refractivity (Wildman–Crippen MR) is 72.1 cm³/mol. The third-order valence-electron chi connectivity index (χ3n) is 5.15. The van der Waals surface area contributed by atoms with Gasteiger partial charge in [-0.3, -0.25) is 4.79 Å². The van der Waals surface area contributed by atoms with Gasteiger partial charge < -0.3 is 5.32 Å². The lowest BCUT2D eigenvalue weighted by Crippen LogP contribution is -2.65. The molecule has 4 fully saturated rings. The molecule has 1 N–H and O–H groups in total. The minimum absolute atomic E-state index is 0.119. The van der Waals surface area contributed by atoms with E-state index in [1.165, 1.54) is 38.5 Å². The van der Waals surface area contributed by atoms with E-state index in [1.807, 2.05) is 0 Å². The molecule has 0 aliphatic heterocycles. The van der Waals surface area contributed by atoms with E-state index < -0.39 is 0 Å². The monoisotopic (exact) mass is 299 g/mol. The Labute approximate surface area is 112 Å². The number of alkyl halides is 1. The summed E-state index contributed by atoms with van der Waals surface area (Å²) in [4.78, 5) is 11.7. The van der Waals surface area contributed by atoms with Gasteiger partial charge in [0.15, 0.2) is 0 Å². The highest BCUT2D eigenvalue weighted by atomic mass is 79.9. The normalized spacial score (nSPS) is 51.6. The Hall–Kier alpha value is -0.0500. The van der Waals surface area contributed by atoms with Crippen molar-refractivity contribution in [3.8, 4) is 0 Å². The molecule has 4 aliphatic rings. The van der Waals surface area contributed by atoms with Gasteiger partial charge in [0, 0.05) is 5.54 Å². The van der Waals surface area contributed by atoms with E-state index in [0.29, 0.717) is 16.2 Å². The van der Waals surface area contributed by atoms with E-state index in [4.69, 9.17) is 0 Å². The molecule has 0 aromatic carbocycles. The lowest BCUT2D eigenvalue weighted by Gasteiger charge is -2.65. The van der Waals surface area contributed by atoms with E-state index in [1.54, 1.807) is 0 Å². The molecule has 4 rings (SSSR count). The lowest BCUT2D eigenvalue weighted by molar-refractivity contribution is -0.137. The zero-order valence-electron chi connectivity index (χ0n) is 10.8. The Morgan fingerprint density at radius 3 is 2.24 bits per heavy atom. The van der Waals surface area contributed by atoms with Gasteiger partial charge in [-0.25, -0.2) is 0 Å². The van der Waals surface area contributed by atoms with Crippen molar-refractivity contribution in [2.24, 2.45) is 16.7 Å². The van der Waals surface area contributed by atoms with Gasteiger partial charge in [-0.15, -0.1) is 0 Å². The fraction of sp³-hybridized carbons (Fsp3) is 0.929.